The Morgan fingerprint density at radius 1 is 1.23 bits per heavy atom. The highest BCUT2D eigenvalue weighted by Crippen LogP contribution is 2.07. The van der Waals surface area contributed by atoms with Gasteiger partial charge in [-0.05, 0) is 37.8 Å². The van der Waals surface area contributed by atoms with Gasteiger partial charge >= 0.3 is 16.5 Å². The number of aryl methyl sites for hydroxylation is 1. The maximum absolute atomic E-state index is 12.4. The van der Waals surface area contributed by atoms with Crippen molar-refractivity contribution in [2.75, 3.05) is 13.2 Å². The molecule has 140 valence electrons. The summed E-state index contributed by atoms with van der Waals surface area (Å²) in [5, 5.41) is 3.10. The summed E-state index contributed by atoms with van der Waals surface area (Å²) >= 11 is 0.939. The molecule has 3 rings (SSSR count). The molecule has 1 saturated heterocycles. The summed E-state index contributed by atoms with van der Waals surface area (Å²) in [6, 6.07) is 9.27. The topological polar surface area (TPSA) is 82.3 Å². The molecule has 0 bridgehead atoms. The van der Waals surface area contributed by atoms with E-state index in [9.17, 15) is 14.4 Å². The SMILES string of the molecule is O=C(OCCCCn1sc(=O)n(Cc2ccccc2)c1=O)[C@@H]1CCCN1. The van der Waals surface area contributed by atoms with Crippen molar-refractivity contribution < 1.29 is 9.53 Å². The van der Waals surface area contributed by atoms with Crippen LogP contribution in [0.15, 0.2) is 39.9 Å². The number of rotatable bonds is 8. The second-order valence-electron chi connectivity index (χ2n) is 6.34. The zero-order valence-corrected chi connectivity index (χ0v) is 15.4. The smallest absolute Gasteiger partial charge is 0.341 e. The molecule has 1 N–H and O–H groups in total. The van der Waals surface area contributed by atoms with E-state index in [1.807, 2.05) is 30.3 Å². The summed E-state index contributed by atoms with van der Waals surface area (Å²) in [4.78, 5) is 36.0. The number of unbranched alkanes of at least 4 members (excludes halogenated alkanes) is 1. The van der Waals surface area contributed by atoms with Crippen LogP contribution in [0, 0.1) is 0 Å². The van der Waals surface area contributed by atoms with Crippen molar-refractivity contribution in [1.29, 1.82) is 0 Å². The monoisotopic (exact) mass is 377 g/mol. The molecule has 1 fully saturated rings. The Morgan fingerprint density at radius 2 is 2.04 bits per heavy atom. The predicted octanol–water partition coefficient (Wildman–Crippen LogP) is 1.20. The van der Waals surface area contributed by atoms with Gasteiger partial charge in [0.15, 0.2) is 0 Å². The number of ether oxygens (including phenoxy) is 1. The highest BCUT2D eigenvalue weighted by atomic mass is 32.1. The van der Waals surface area contributed by atoms with E-state index in [4.69, 9.17) is 4.74 Å². The van der Waals surface area contributed by atoms with Crippen LogP contribution in [-0.2, 0) is 22.6 Å². The van der Waals surface area contributed by atoms with Crippen LogP contribution in [0.25, 0.3) is 0 Å². The van der Waals surface area contributed by atoms with Crippen molar-refractivity contribution in [2.45, 2.75) is 44.8 Å². The molecule has 8 heteroatoms. The first-order chi connectivity index (χ1) is 12.6. The lowest BCUT2D eigenvalue weighted by atomic mass is 10.2. The lowest BCUT2D eigenvalue weighted by Crippen LogP contribution is -2.32. The van der Waals surface area contributed by atoms with Gasteiger partial charge in [-0.15, -0.1) is 0 Å². The molecule has 0 spiro atoms. The third-order valence-corrected chi connectivity index (χ3v) is 5.32. The molecule has 2 heterocycles. The predicted molar refractivity (Wildman–Crippen MR) is 99.6 cm³/mol. The Morgan fingerprint density at radius 3 is 2.77 bits per heavy atom. The van der Waals surface area contributed by atoms with E-state index in [-0.39, 0.29) is 29.1 Å². The molecule has 1 aromatic heterocycles. The first kappa shape index (κ1) is 18.6. The Labute approximate surface area is 155 Å². The third kappa shape index (κ3) is 4.70. The fourth-order valence-electron chi connectivity index (χ4n) is 2.95. The Kier molecular flexibility index (Phi) is 6.40. The van der Waals surface area contributed by atoms with Crippen molar-refractivity contribution in [1.82, 2.24) is 13.8 Å². The molecule has 1 aromatic carbocycles. The first-order valence-corrected chi connectivity index (χ1v) is 9.67. The van der Waals surface area contributed by atoms with E-state index in [1.165, 1.54) is 8.52 Å². The molecule has 7 nitrogen and oxygen atoms in total. The van der Waals surface area contributed by atoms with Gasteiger partial charge in [0.25, 0.3) is 0 Å². The lowest BCUT2D eigenvalue weighted by molar-refractivity contribution is -0.145. The molecule has 0 aliphatic carbocycles. The molecular formula is C18H23N3O4S. The maximum Gasteiger partial charge on any atom is 0.341 e. The summed E-state index contributed by atoms with van der Waals surface area (Å²) in [6.07, 6.45) is 3.17. The average molecular weight is 377 g/mol. The largest absolute Gasteiger partial charge is 0.465 e. The summed E-state index contributed by atoms with van der Waals surface area (Å²) in [6.45, 7) is 1.95. The van der Waals surface area contributed by atoms with Crippen molar-refractivity contribution in [3.05, 3.63) is 56.0 Å². The highest BCUT2D eigenvalue weighted by molar-refractivity contribution is 7.03. The minimum Gasteiger partial charge on any atom is -0.465 e. The number of hydrogen-bond acceptors (Lipinski definition) is 6. The van der Waals surface area contributed by atoms with Crippen molar-refractivity contribution >= 4 is 17.5 Å². The lowest BCUT2D eigenvalue weighted by Gasteiger charge is -2.09. The summed E-state index contributed by atoms with van der Waals surface area (Å²) < 4.78 is 7.98. The van der Waals surface area contributed by atoms with E-state index in [0.717, 1.165) is 36.5 Å². The van der Waals surface area contributed by atoms with Gasteiger partial charge in [0.2, 0.25) is 0 Å². The van der Waals surface area contributed by atoms with Gasteiger partial charge in [-0.2, -0.15) is 0 Å². The number of nitrogens with zero attached hydrogens (tertiary/aromatic N) is 2. The van der Waals surface area contributed by atoms with Crippen molar-refractivity contribution in [3.8, 4) is 0 Å². The second kappa shape index (κ2) is 8.95. The van der Waals surface area contributed by atoms with Gasteiger partial charge in [0.05, 0.1) is 13.2 Å². The van der Waals surface area contributed by atoms with Crippen LogP contribution in [0.2, 0.25) is 0 Å². The highest BCUT2D eigenvalue weighted by Gasteiger charge is 2.23. The fraction of sp³-hybridized carbons (Fsp3) is 0.500. The van der Waals surface area contributed by atoms with E-state index < -0.39 is 0 Å². The van der Waals surface area contributed by atoms with Crippen molar-refractivity contribution in [3.63, 3.8) is 0 Å². The molecule has 1 aliphatic heterocycles. The number of nitrogens with one attached hydrogen (secondary N) is 1. The van der Waals surface area contributed by atoms with Crippen LogP contribution < -0.4 is 15.9 Å². The number of carbonyl (C=O) groups excluding carboxylic acids is 1. The van der Waals surface area contributed by atoms with Crippen LogP contribution in [0.4, 0.5) is 0 Å². The second-order valence-corrected chi connectivity index (χ2v) is 7.31. The van der Waals surface area contributed by atoms with Gasteiger partial charge in [-0.1, -0.05) is 30.3 Å². The van der Waals surface area contributed by atoms with Crippen molar-refractivity contribution in [2.24, 2.45) is 0 Å². The molecule has 1 aliphatic rings. The maximum atomic E-state index is 12.4. The third-order valence-electron chi connectivity index (χ3n) is 4.38. The minimum atomic E-state index is -0.281. The molecule has 2 aromatic rings. The zero-order chi connectivity index (χ0) is 18.4. The Bertz CT molecular complexity index is 834. The molecule has 1 atom stereocenters. The van der Waals surface area contributed by atoms with Gasteiger partial charge in [-0.3, -0.25) is 9.59 Å². The van der Waals surface area contributed by atoms with Crippen LogP contribution in [0.5, 0.6) is 0 Å². The standard InChI is InChI=1S/C18H23N3O4S/c22-16(15-9-6-10-19-15)25-12-5-4-11-21-17(23)20(18(24)26-21)13-14-7-2-1-3-8-14/h1-3,7-8,15,19H,4-6,9-13H2/t15-/m0/s1. The van der Waals surface area contributed by atoms with E-state index in [0.29, 0.717) is 26.0 Å². The van der Waals surface area contributed by atoms with Gasteiger partial charge in [-0.25, -0.2) is 13.3 Å². The average Bonchev–Trinajstić information content (AvgIpc) is 3.27. The Balaban J connectivity index is 1.46. The summed E-state index contributed by atoms with van der Waals surface area (Å²) in [5.74, 6) is -0.196. The van der Waals surface area contributed by atoms with Crippen LogP contribution in [0.3, 0.4) is 0 Å². The zero-order valence-electron chi connectivity index (χ0n) is 14.6. The minimum absolute atomic E-state index is 0.171. The van der Waals surface area contributed by atoms with E-state index in [2.05, 4.69) is 5.32 Å². The number of hydrogen-bond donors (Lipinski definition) is 1. The molecule has 0 unspecified atom stereocenters. The number of aromatic nitrogens is 2. The quantitative estimate of drug-likeness (QED) is 0.552. The Hall–Kier alpha value is -2.19. The van der Waals surface area contributed by atoms with Crippen LogP contribution in [0.1, 0.15) is 31.2 Å². The summed E-state index contributed by atoms with van der Waals surface area (Å²) in [5.41, 5.74) is 0.639. The molecule has 26 heavy (non-hydrogen) atoms. The molecule has 0 saturated carbocycles. The van der Waals surface area contributed by atoms with Crippen LogP contribution >= 0.6 is 11.5 Å². The molecule has 0 radical (unpaired) electrons. The molecular weight excluding hydrogens is 354 g/mol. The van der Waals surface area contributed by atoms with Crippen LogP contribution in [-0.4, -0.2) is 33.7 Å². The number of esters is 1. The number of benzene rings is 1. The fourth-order valence-corrected chi connectivity index (χ4v) is 3.78. The van der Waals surface area contributed by atoms with Gasteiger partial charge in [0.1, 0.15) is 6.04 Å². The first-order valence-electron chi connectivity index (χ1n) is 8.90. The van der Waals surface area contributed by atoms with Gasteiger partial charge in [0, 0.05) is 18.1 Å². The summed E-state index contributed by atoms with van der Waals surface area (Å²) in [7, 11) is 0. The normalized spacial score (nSPS) is 16.7. The molecule has 0 amide bonds. The van der Waals surface area contributed by atoms with E-state index in [1.54, 1.807) is 0 Å². The van der Waals surface area contributed by atoms with Gasteiger partial charge < -0.3 is 10.1 Å². The number of carbonyl (C=O) groups is 1. The van der Waals surface area contributed by atoms with E-state index >= 15 is 0 Å².